The highest BCUT2D eigenvalue weighted by molar-refractivity contribution is 5.98. The van der Waals surface area contributed by atoms with Gasteiger partial charge in [0.25, 0.3) is 5.91 Å². The minimum Gasteiger partial charge on any atom is -0.496 e. The molecule has 2 aromatic carbocycles. The molecule has 0 spiro atoms. The number of nitrogens with one attached hydrogen (secondary N) is 2. The molecule has 1 amide bonds. The van der Waals surface area contributed by atoms with Crippen molar-refractivity contribution in [3.8, 4) is 28.4 Å². The van der Waals surface area contributed by atoms with E-state index in [1.54, 1.807) is 25.0 Å². The summed E-state index contributed by atoms with van der Waals surface area (Å²) in [6.45, 7) is 12.3. The number of aromatic nitrogens is 2. The largest absolute Gasteiger partial charge is 0.496 e. The zero-order valence-corrected chi connectivity index (χ0v) is 34.1. The van der Waals surface area contributed by atoms with Gasteiger partial charge in [0, 0.05) is 19.3 Å². The van der Waals surface area contributed by atoms with E-state index >= 15 is 0 Å². The maximum absolute atomic E-state index is 14.3. The smallest absolute Gasteiger partial charge is 0.330 e. The molecule has 7 rings (SSSR count). The van der Waals surface area contributed by atoms with Crippen LogP contribution in [0.3, 0.4) is 0 Å². The SMILES string of the molecule is CC.CNCCCN(C)CCCN(C)c1ccc(-n2nc(C(=O)NC3(C(=O)O)C4CC5CC(C4)CC3C5)cc2-c2c(OC)cccc2OC)c(C(C)C)c1. The molecule has 1 aromatic heterocycles. The number of amides is 1. The van der Waals surface area contributed by atoms with E-state index in [4.69, 9.17) is 14.6 Å². The molecule has 11 nitrogen and oxygen atoms in total. The number of carboxylic acid groups (broad SMARTS) is 1. The van der Waals surface area contributed by atoms with Crippen molar-refractivity contribution in [1.82, 2.24) is 25.3 Å². The van der Waals surface area contributed by atoms with Crippen LogP contribution >= 0.6 is 0 Å². The fraction of sp³-hybridized carbons (Fsp3) is 0.605. The lowest BCUT2D eigenvalue weighted by atomic mass is 9.48. The Bertz CT molecular complexity index is 1690. The minimum absolute atomic E-state index is 0.0723. The lowest BCUT2D eigenvalue weighted by Gasteiger charge is -2.59. The van der Waals surface area contributed by atoms with E-state index in [2.05, 4.69) is 66.6 Å². The lowest BCUT2D eigenvalue weighted by Crippen LogP contribution is -2.70. The number of carbonyl (C=O) groups is 2. The summed E-state index contributed by atoms with van der Waals surface area (Å²) in [4.78, 5) is 32.2. The number of ether oxygens (including phenoxy) is 2. The van der Waals surface area contributed by atoms with Crippen LogP contribution in [-0.4, -0.2) is 98.7 Å². The van der Waals surface area contributed by atoms with Crippen LogP contribution in [0.1, 0.15) is 94.6 Å². The molecule has 0 unspecified atom stereocenters. The number of benzene rings is 2. The molecule has 3 N–H and O–H groups in total. The molecule has 4 fully saturated rings. The van der Waals surface area contributed by atoms with Crippen molar-refractivity contribution < 1.29 is 24.2 Å². The Labute approximate surface area is 322 Å². The number of rotatable bonds is 17. The van der Waals surface area contributed by atoms with E-state index in [1.807, 2.05) is 39.1 Å². The predicted octanol–water partition coefficient (Wildman–Crippen LogP) is 7.08. The Morgan fingerprint density at radius 1 is 0.926 bits per heavy atom. The van der Waals surface area contributed by atoms with Crippen LogP contribution < -0.4 is 25.0 Å². The van der Waals surface area contributed by atoms with Crippen LogP contribution in [0.15, 0.2) is 42.5 Å². The van der Waals surface area contributed by atoms with Crippen molar-refractivity contribution >= 4 is 17.6 Å². The molecule has 0 aliphatic heterocycles. The van der Waals surface area contributed by atoms with Gasteiger partial charge in [-0.1, -0.05) is 33.8 Å². The average molecular weight is 745 g/mol. The average Bonchev–Trinajstić information content (AvgIpc) is 3.61. The van der Waals surface area contributed by atoms with Crippen LogP contribution in [0.4, 0.5) is 5.69 Å². The fourth-order valence-electron chi connectivity index (χ4n) is 9.52. The lowest BCUT2D eigenvalue weighted by molar-refractivity contribution is -0.163. The number of hydrogen-bond donors (Lipinski definition) is 3. The van der Waals surface area contributed by atoms with Crippen molar-refractivity contribution in [1.29, 1.82) is 0 Å². The van der Waals surface area contributed by atoms with Crippen LogP contribution in [0.2, 0.25) is 0 Å². The second-order valence-corrected chi connectivity index (χ2v) is 15.7. The van der Waals surface area contributed by atoms with Crippen molar-refractivity contribution in [2.45, 2.75) is 84.1 Å². The summed E-state index contributed by atoms with van der Waals surface area (Å²) in [5.74, 6) is 0.865. The van der Waals surface area contributed by atoms with Crippen molar-refractivity contribution in [2.75, 3.05) is 66.4 Å². The number of anilines is 1. The van der Waals surface area contributed by atoms with E-state index < -0.39 is 17.4 Å². The Hall–Kier alpha value is -4.09. The molecular formula is C43H64N6O5. The molecule has 4 bridgehead atoms. The third-order valence-corrected chi connectivity index (χ3v) is 12.0. The van der Waals surface area contributed by atoms with Gasteiger partial charge in [-0.05, 0) is 150 Å². The summed E-state index contributed by atoms with van der Waals surface area (Å²) in [7, 11) is 9.52. The molecule has 0 atom stereocenters. The van der Waals surface area contributed by atoms with Gasteiger partial charge in [0.15, 0.2) is 5.69 Å². The molecule has 4 aliphatic rings. The highest BCUT2D eigenvalue weighted by atomic mass is 16.5. The van der Waals surface area contributed by atoms with Crippen molar-refractivity contribution in [3.05, 3.63) is 53.7 Å². The molecule has 4 aliphatic carbocycles. The van der Waals surface area contributed by atoms with Gasteiger partial charge in [0.1, 0.15) is 17.0 Å². The second-order valence-electron chi connectivity index (χ2n) is 15.7. The Morgan fingerprint density at radius 2 is 1.54 bits per heavy atom. The third kappa shape index (κ3) is 8.27. The summed E-state index contributed by atoms with van der Waals surface area (Å²) in [5.41, 5.74) is 3.18. The molecule has 4 saturated carbocycles. The van der Waals surface area contributed by atoms with Gasteiger partial charge in [-0.2, -0.15) is 5.10 Å². The van der Waals surface area contributed by atoms with Crippen molar-refractivity contribution in [3.63, 3.8) is 0 Å². The highest BCUT2D eigenvalue weighted by Crippen LogP contribution is 2.58. The third-order valence-electron chi connectivity index (χ3n) is 12.0. The van der Waals surface area contributed by atoms with E-state index in [0.29, 0.717) is 34.6 Å². The maximum Gasteiger partial charge on any atom is 0.330 e. The summed E-state index contributed by atoms with van der Waals surface area (Å²) in [6.07, 6.45) is 6.76. The predicted molar refractivity (Wildman–Crippen MR) is 216 cm³/mol. The Balaban J connectivity index is 0.00000276. The highest BCUT2D eigenvalue weighted by Gasteiger charge is 2.62. The van der Waals surface area contributed by atoms with Gasteiger partial charge >= 0.3 is 5.97 Å². The number of methoxy groups -OCH3 is 2. The van der Waals surface area contributed by atoms with E-state index in [9.17, 15) is 14.7 Å². The Morgan fingerprint density at radius 3 is 2.09 bits per heavy atom. The number of hydrogen-bond acceptors (Lipinski definition) is 8. The van der Waals surface area contributed by atoms with Crippen LogP contribution in [0.25, 0.3) is 16.9 Å². The van der Waals surface area contributed by atoms with E-state index in [-0.39, 0.29) is 23.4 Å². The summed E-state index contributed by atoms with van der Waals surface area (Å²) in [6, 6.07) is 13.7. The van der Waals surface area contributed by atoms with E-state index in [1.165, 1.54) is 6.42 Å². The normalized spacial score (nSPS) is 22.6. The molecule has 11 heteroatoms. The van der Waals surface area contributed by atoms with Gasteiger partial charge in [-0.3, -0.25) is 4.79 Å². The Kier molecular flexibility index (Phi) is 13.7. The molecule has 0 radical (unpaired) electrons. The monoisotopic (exact) mass is 744 g/mol. The molecule has 54 heavy (non-hydrogen) atoms. The zero-order valence-electron chi connectivity index (χ0n) is 34.1. The molecule has 3 aromatic rings. The maximum atomic E-state index is 14.3. The van der Waals surface area contributed by atoms with Gasteiger partial charge in [-0.15, -0.1) is 0 Å². The number of carbonyl (C=O) groups excluding carboxylic acids is 1. The zero-order chi connectivity index (χ0) is 39.2. The number of aliphatic carboxylic acids is 1. The van der Waals surface area contributed by atoms with Gasteiger partial charge in [0.2, 0.25) is 0 Å². The number of carboxylic acids is 1. The molecular weight excluding hydrogens is 681 g/mol. The van der Waals surface area contributed by atoms with Crippen LogP contribution in [-0.2, 0) is 4.79 Å². The first-order chi connectivity index (χ1) is 26.0. The molecule has 296 valence electrons. The van der Waals surface area contributed by atoms with Gasteiger partial charge in [0.05, 0.1) is 31.2 Å². The molecule has 0 saturated heterocycles. The molecule has 1 heterocycles. The standard InChI is InChI=1S/C41H58N6O5.C2H6/c1-26(2)32-24-31(46(5)18-10-17-45(4)16-9-15-42-3)13-14-34(32)47-35(38-36(51-6)11-8-12-37(38)52-7)25-33(44-47)39(48)43-41(40(49)50)29-20-27-19-28(22-29)23-30(41)21-27;1-2/h8,11-14,24-30,42H,9-10,15-23H2,1-7H3,(H,43,48)(H,49,50);1-2H3. The fourth-order valence-corrected chi connectivity index (χ4v) is 9.52. The van der Waals surface area contributed by atoms with Gasteiger partial charge in [-0.25, -0.2) is 9.48 Å². The topological polar surface area (TPSA) is 121 Å². The number of nitrogens with zero attached hydrogens (tertiary/aromatic N) is 4. The van der Waals surface area contributed by atoms with Crippen LogP contribution in [0, 0.1) is 23.7 Å². The summed E-state index contributed by atoms with van der Waals surface area (Å²) in [5, 5.41) is 22.1. The van der Waals surface area contributed by atoms with Crippen molar-refractivity contribution in [2.24, 2.45) is 23.7 Å². The minimum atomic E-state index is -1.28. The van der Waals surface area contributed by atoms with Crippen LogP contribution in [0.5, 0.6) is 11.5 Å². The first kappa shape index (κ1) is 41.1. The first-order valence-corrected chi connectivity index (χ1v) is 20.1. The van der Waals surface area contributed by atoms with Gasteiger partial charge < -0.3 is 35.0 Å². The quantitative estimate of drug-likeness (QED) is 0.125. The summed E-state index contributed by atoms with van der Waals surface area (Å²) < 4.78 is 13.5. The second kappa shape index (κ2) is 18.0. The van der Waals surface area contributed by atoms with E-state index in [0.717, 1.165) is 81.6 Å². The first-order valence-electron chi connectivity index (χ1n) is 20.1. The summed E-state index contributed by atoms with van der Waals surface area (Å²) >= 11 is 0.